The van der Waals surface area contributed by atoms with Gasteiger partial charge < -0.3 is 5.32 Å². The molecule has 0 unspecified atom stereocenters. The molecule has 0 atom stereocenters. The van der Waals surface area contributed by atoms with Crippen LogP contribution >= 0.6 is 22.6 Å². The Morgan fingerprint density at radius 3 is 2.35 bits per heavy atom. The van der Waals surface area contributed by atoms with Gasteiger partial charge in [0.1, 0.15) is 0 Å². The Morgan fingerprint density at radius 2 is 1.82 bits per heavy atom. The van der Waals surface area contributed by atoms with Gasteiger partial charge >= 0.3 is 0 Å². The SMILES string of the molecule is CCCC(CCC)C(=O)Nc1ccccc1I. The van der Waals surface area contributed by atoms with Crippen LogP contribution in [0.15, 0.2) is 24.3 Å². The second kappa shape index (κ2) is 7.69. The van der Waals surface area contributed by atoms with Gasteiger partial charge in [-0.05, 0) is 47.6 Å². The molecule has 94 valence electrons. The zero-order valence-corrected chi connectivity index (χ0v) is 12.7. The molecule has 0 radical (unpaired) electrons. The van der Waals surface area contributed by atoms with Gasteiger partial charge in [-0.15, -0.1) is 0 Å². The molecule has 0 saturated carbocycles. The smallest absolute Gasteiger partial charge is 0.227 e. The molecule has 0 heterocycles. The van der Waals surface area contributed by atoms with Crippen molar-refractivity contribution < 1.29 is 4.79 Å². The first kappa shape index (κ1) is 14.5. The molecule has 3 heteroatoms. The number of rotatable bonds is 6. The van der Waals surface area contributed by atoms with Gasteiger partial charge in [0.25, 0.3) is 0 Å². The number of para-hydroxylation sites is 1. The summed E-state index contributed by atoms with van der Waals surface area (Å²) in [4.78, 5) is 12.1. The fourth-order valence-electron chi connectivity index (χ4n) is 1.90. The molecular weight excluding hydrogens is 325 g/mol. The maximum Gasteiger partial charge on any atom is 0.227 e. The molecule has 0 aliphatic rings. The van der Waals surface area contributed by atoms with E-state index >= 15 is 0 Å². The van der Waals surface area contributed by atoms with E-state index in [9.17, 15) is 4.79 Å². The highest BCUT2D eigenvalue weighted by Crippen LogP contribution is 2.20. The Balaban J connectivity index is 2.66. The first-order valence-electron chi connectivity index (χ1n) is 6.24. The highest BCUT2D eigenvalue weighted by atomic mass is 127. The van der Waals surface area contributed by atoms with Crippen LogP contribution in [0.4, 0.5) is 5.69 Å². The van der Waals surface area contributed by atoms with Crippen LogP contribution in [0, 0.1) is 9.49 Å². The van der Waals surface area contributed by atoms with Crippen LogP contribution in [-0.4, -0.2) is 5.91 Å². The Bertz CT molecular complexity index is 359. The van der Waals surface area contributed by atoms with Crippen LogP contribution in [0.3, 0.4) is 0 Å². The second-order valence-electron chi connectivity index (χ2n) is 4.24. The largest absolute Gasteiger partial charge is 0.325 e. The molecular formula is C14H20INO. The van der Waals surface area contributed by atoms with Crippen molar-refractivity contribution >= 4 is 34.2 Å². The first-order chi connectivity index (χ1) is 8.19. The van der Waals surface area contributed by atoms with Crippen molar-refractivity contribution in [3.8, 4) is 0 Å². The third-order valence-electron chi connectivity index (χ3n) is 2.78. The molecule has 0 fully saturated rings. The van der Waals surface area contributed by atoms with Gasteiger partial charge in [0.05, 0.1) is 5.69 Å². The monoisotopic (exact) mass is 345 g/mol. The molecule has 17 heavy (non-hydrogen) atoms. The van der Waals surface area contributed by atoms with Crippen molar-refractivity contribution in [1.82, 2.24) is 0 Å². The minimum Gasteiger partial charge on any atom is -0.325 e. The van der Waals surface area contributed by atoms with Crippen LogP contribution in [0.2, 0.25) is 0 Å². The highest BCUT2D eigenvalue weighted by Gasteiger charge is 2.17. The molecule has 1 amide bonds. The van der Waals surface area contributed by atoms with E-state index in [1.807, 2.05) is 24.3 Å². The molecule has 1 aromatic rings. The molecule has 1 aromatic carbocycles. The van der Waals surface area contributed by atoms with Gasteiger partial charge in [0, 0.05) is 9.49 Å². The first-order valence-corrected chi connectivity index (χ1v) is 7.32. The predicted molar refractivity (Wildman–Crippen MR) is 81.1 cm³/mol. The average molecular weight is 345 g/mol. The van der Waals surface area contributed by atoms with E-state index in [1.165, 1.54) is 0 Å². The molecule has 0 aliphatic heterocycles. The van der Waals surface area contributed by atoms with Crippen LogP contribution in [0.5, 0.6) is 0 Å². The number of amides is 1. The zero-order chi connectivity index (χ0) is 12.7. The van der Waals surface area contributed by atoms with Crippen molar-refractivity contribution in [2.24, 2.45) is 5.92 Å². The second-order valence-corrected chi connectivity index (χ2v) is 5.41. The van der Waals surface area contributed by atoms with E-state index in [1.54, 1.807) is 0 Å². The van der Waals surface area contributed by atoms with E-state index in [-0.39, 0.29) is 11.8 Å². The highest BCUT2D eigenvalue weighted by molar-refractivity contribution is 14.1. The third-order valence-corrected chi connectivity index (χ3v) is 3.72. The molecule has 1 rings (SSSR count). The molecule has 2 nitrogen and oxygen atoms in total. The zero-order valence-electron chi connectivity index (χ0n) is 10.5. The topological polar surface area (TPSA) is 29.1 Å². The van der Waals surface area contributed by atoms with Crippen molar-refractivity contribution in [2.75, 3.05) is 5.32 Å². The lowest BCUT2D eigenvalue weighted by Gasteiger charge is -2.15. The summed E-state index contributed by atoms with van der Waals surface area (Å²) in [6.45, 7) is 4.25. The fourth-order valence-corrected chi connectivity index (χ4v) is 2.42. The number of anilines is 1. The number of benzene rings is 1. The minimum absolute atomic E-state index is 0.154. The standard InChI is InChI=1S/C14H20INO/c1-3-7-11(8-4-2)14(17)16-13-10-6-5-9-12(13)15/h5-6,9-11H,3-4,7-8H2,1-2H3,(H,16,17). The summed E-state index contributed by atoms with van der Waals surface area (Å²) in [6, 6.07) is 7.89. The van der Waals surface area contributed by atoms with E-state index in [2.05, 4.69) is 41.8 Å². The minimum atomic E-state index is 0.154. The van der Waals surface area contributed by atoms with Crippen molar-refractivity contribution in [2.45, 2.75) is 39.5 Å². The van der Waals surface area contributed by atoms with E-state index in [0.29, 0.717) is 0 Å². The Morgan fingerprint density at radius 1 is 1.24 bits per heavy atom. The Hall–Kier alpha value is -0.580. The molecule has 0 bridgehead atoms. The lowest BCUT2D eigenvalue weighted by molar-refractivity contribution is -0.120. The van der Waals surface area contributed by atoms with Gasteiger partial charge in [0.15, 0.2) is 0 Å². The molecule has 0 spiro atoms. The maximum absolute atomic E-state index is 12.1. The average Bonchev–Trinajstić information content (AvgIpc) is 2.32. The van der Waals surface area contributed by atoms with Crippen LogP contribution in [-0.2, 0) is 4.79 Å². The van der Waals surface area contributed by atoms with Gasteiger partial charge in [-0.2, -0.15) is 0 Å². The van der Waals surface area contributed by atoms with Gasteiger partial charge in [-0.25, -0.2) is 0 Å². The normalized spacial score (nSPS) is 10.6. The van der Waals surface area contributed by atoms with Crippen LogP contribution < -0.4 is 5.32 Å². The van der Waals surface area contributed by atoms with Crippen molar-refractivity contribution in [1.29, 1.82) is 0 Å². The summed E-state index contributed by atoms with van der Waals surface area (Å²) in [5, 5.41) is 3.03. The number of carbonyl (C=O) groups is 1. The van der Waals surface area contributed by atoms with E-state index in [4.69, 9.17) is 0 Å². The van der Waals surface area contributed by atoms with Gasteiger partial charge in [0.2, 0.25) is 5.91 Å². The van der Waals surface area contributed by atoms with Crippen LogP contribution in [0.25, 0.3) is 0 Å². The van der Waals surface area contributed by atoms with E-state index < -0.39 is 0 Å². The Kier molecular flexibility index (Phi) is 6.55. The number of hydrogen-bond acceptors (Lipinski definition) is 1. The number of hydrogen-bond donors (Lipinski definition) is 1. The summed E-state index contributed by atoms with van der Waals surface area (Å²) in [5.74, 6) is 0.318. The van der Waals surface area contributed by atoms with Crippen molar-refractivity contribution in [3.63, 3.8) is 0 Å². The number of nitrogens with one attached hydrogen (secondary N) is 1. The van der Waals surface area contributed by atoms with E-state index in [0.717, 1.165) is 34.9 Å². The Labute approximate surface area is 117 Å². The van der Waals surface area contributed by atoms with Gasteiger partial charge in [-0.1, -0.05) is 38.8 Å². The lowest BCUT2D eigenvalue weighted by atomic mass is 9.97. The number of carbonyl (C=O) groups excluding carboxylic acids is 1. The predicted octanol–water partition coefficient (Wildman–Crippen LogP) is 4.45. The maximum atomic E-state index is 12.1. The lowest BCUT2D eigenvalue weighted by Crippen LogP contribution is -2.23. The van der Waals surface area contributed by atoms with Crippen molar-refractivity contribution in [3.05, 3.63) is 27.8 Å². The summed E-state index contributed by atoms with van der Waals surface area (Å²) in [6.07, 6.45) is 4.07. The molecule has 0 saturated heterocycles. The summed E-state index contributed by atoms with van der Waals surface area (Å²) in [7, 11) is 0. The summed E-state index contributed by atoms with van der Waals surface area (Å²) in [5.41, 5.74) is 0.926. The quantitative estimate of drug-likeness (QED) is 0.759. The van der Waals surface area contributed by atoms with Gasteiger partial charge in [-0.3, -0.25) is 4.79 Å². The molecule has 0 aromatic heterocycles. The summed E-state index contributed by atoms with van der Waals surface area (Å²) < 4.78 is 1.09. The fraction of sp³-hybridized carbons (Fsp3) is 0.500. The molecule has 1 N–H and O–H groups in total. The number of halogens is 1. The molecule has 0 aliphatic carbocycles. The third kappa shape index (κ3) is 4.66. The summed E-state index contributed by atoms with van der Waals surface area (Å²) >= 11 is 2.25. The van der Waals surface area contributed by atoms with Crippen LogP contribution in [0.1, 0.15) is 39.5 Å².